The molecule has 1 aliphatic heterocycles. The summed E-state index contributed by atoms with van der Waals surface area (Å²) >= 11 is 0. The van der Waals surface area contributed by atoms with Crippen LogP contribution in [0.4, 0.5) is 0 Å². The maximum Gasteiger partial charge on any atom is 0.254 e. The molecule has 4 rings (SSSR count). The van der Waals surface area contributed by atoms with Crippen LogP contribution < -0.4 is 14.8 Å². The number of hydrogen-bond acceptors (Lipinski definition) is 5. The Balaban J connectivity index is 1.41. The second kappa shape index (κ2) is 6.87. The van der Waals surface area contributed by atoms with Gasteiger partial charge in [-0.1, -0.05) is 18.2 Å². The van der Waals surface area contributed by atoms with Crippen molar-refractivity contribution in [3.05, 3.63) is 66.1 Å². The summed E-state index contributed by atoms with van der Waals surface area (Å²) in [4.78, 5) is 16.8. The van der Waals surface area contributed by atoms with Gasteiger partial charge in [-0.25, -0.2) is 9.67 Å². The van der Waals surface area contributed by atoms with Crippen LogP contribution in [0.5, 0.6) is 11.5 Å². The van der Waals surface area contributed by atoms with Crippen molar-refractivity contribution in [1.29, 1.82) is 0 Å². The quantitative estimate of drug-likeness (QED) is 0.780. The van der Waals surface area contributed by atoms with E-state index in [1.54, 1.807) is 17.1 Å². The van der Waals surface area contributed by atoms with E-state index < -0.39 is 0 Å². The Bertz CT molecular complexity index is 924. The number of hydrogen-bond donors (Lipinski definition) is 1. The highest BCUT2D eigenvalue weighted by Crippen LogP contribution is 2.30. The van der Waals surface area contributed by atoms with E-state index in [-0.39, 0.29) is 12.0 Å². The fraction of sp³-hybridized carbons (Fsp3) is 0.211. The van der Waals surface area contributed by atoms with Gasteiger partial charge in [0, 0.05) is 6.20 Å². The Hall–Kier alpha value is -3.35. The van der Waals surface area contributed by atoms with E-state index in [9.17, 15) is 4.79 Å². The number of nitrogens with one attached hydrogen (secondary N) is 1. The number of carbonyl (C=O) groups excluding carboxylic acids is 1. The first kappa shape index (κ1) is 16.1. The largest absolute Gasteiger partial charge is 0.486 e. The minimum absolute atomic E-state index is 0.202. The van der Waals surface area contributed by atoms with Crippen LogP contribution in [0.3, 0.4) is 0 Å². The van der Waals surface area contributed by atoms with Crippen molar-refractivity contribution in [2.45, 2.75) is 13.0 Å². The molecule has 0 aliphatic carbocycles. The molecule has 7 heteroatoms. The number of ether oxygens (including phenoxy) is 2. The average Bonchev–Trinajstić information content (AvgIpc) is 3.08. The molecule has 26 heavy (non-hydrogen) atoms. The number of aromatic nitrogens is 3. The average molecular weight is 350 g/mol. The van der Waals surface area contributed by atoms with Gasteiger partial charge in [0.2, 0.25) is 0 Å². The van der Waals surface area contributed by atoms with Crippen LogP contribution in [0, 0.1) is 6.92 Å². The second-order valence-electron chi connectivity index (χ2n) is 5.95. The monoisotopic (exact) mass is 350 g/mol. The van der Waals surface area contributed by atoms with E-state index in [4.69, 9.17) is 9.47 Å². The molecule has 0 bridgehead atoms. The van der Waals surface area contributed by atoms with Gasteiger partial charge in [0.25, 0.3) is 5.91 Å². The van der Waals surface area contributed by atoms with Crippen molar-refractivity contribution >= 4 is 5.91 Å². The van der Waals surface area contributed by atoms with Crippen LogP contribution in [0.25, 0.3) is 5.82 Å². The number of carbonyl (C=O) groups is 1. The number of amides is 1. The number of para-hydroxylation sites is 2. The SMILES string of the molecule is Cc1c(C(=O)NCC2COc3ccccc3O2)cnn1-c1ccccn1. The lowest BCUT2D eigenvalue weighted by Crippen LogP contribution is -2.40. The smallest absolute Gasteiger partial charge is 0.254 e. The normalized spacial score (nSPS) is 15.5. The van der Waals surface area contributed by atoms with Gasteiger partial charge in [-0.15, -0.1) is 0 Å². The molecule has 132 valence electrons. The van der Waals surface area contributed by atoms with E-state index >= 15 is 0 Å². The molecule has 1 unspecified atom stereocenters. The topological polar surface area (TPSA) is 78.3 Å². The number of benzene rings is 1. The summed E-state index contributed by atoms with van der Waals surface area (Å²) < 4.78 is 13.2. The molecule has 1 aromatic carbocycles. The summed E-state index contributed by atoms with van der Waals surface area (Å²) in [7, 11) is 0. The summed E-state index contributed by atoms with van der Waals surface area (Å²) in [6, 6.07) is 13.0. The van der Waals surface area contributed by atoms with Crippen molar-refractivity contribution in [3.63, 3.8) is 0 Å². The van der Waals surface area contributed by atoms with Gasteiger partial charge in [0.15, 0.2) is 17.3 Å². The van der Waals surface area contributed by atoms with E-state index in [1.807, 2.05) is 49.4 Å². The maximum atomic E-state index is 12.5. The third-order valence-electron chi connectivity index (χ3n) is 4.18. The van der Waals surface area contributed by atoms with Crippen molar-refractivity contribution in [1.82, 2.24) is 20.1 Å². The molecule has 2 aromatic heterocycles. The zero-order valence-electron chi connectivity index (χ0n) is 14.3. The minimum atomic E-state index is -0.236. The first-order valence-electron chi connectivity index (χ1n) is 8.35. The Kier molecular flexibility index (Phi) is 4.27. The van der Waals surface area contributed by atoms with Gasteiger partial charge in [-0.2, -0.15) is 5.10 Å². The highest BCUT2D eigenvalue weighted by Gasteiger charge is 2.22. The highest BCUT2D eigenvalue weighted by molar-refractivity contribution is 5.95. The maximum absolute atomic E-state index is 12.5. The van der Waals surface area contributed by atoms with Crippen LogP contribution in [-0.4, -0.2) is 39.9 Å². The summed E-state index contributed by atoms with van der Waals surface area (Å²) in [5.74, 6) is 1.89. The number of nitrogens with zero attached hydrogens (tertiary/aromatic N) is 3. The summed E-state index contributed by atoms with van der Waals surface area (Å²) in [6.07, 6.45) is 3.00. The molecule has 0 spiro atoms. The zero-order chi connectivity index (χ0) is 17.9. The lowest BCUT2D eigenvalue weighted by atomic mass is 10.2. The van der Waals surface area contributed by atoms with Crippen molar-refractivity contribution in [2.75, 3.05) is 13.2 Å². The molecule has 0 saturated heterocycles. The molecule has 1 N–H and O–H groups in total. The first-order valence-corrected chi connectivity index (χ1v) is 8.35. The van der Waals surface area contributed by atoms with Gasteiger partial charge in [-0.05, 0) is 31.2 Å². The van der Waals surface area contributed by atoms with Gasteiger partial charge in [0.1, 0.15) is 12.7 Å². The van der Waals surface area contributed by atoms with Crippen LogP contribution in [0.2, 0.25) is 0 Å². The molecule has 0 radical (unpaired) electrons. The van der Waals surface area contributed by atoms with Crippen molar-refractivity contribution < 1.29 is 14.3 Å². The third kappa shape index (κ3) is 3.11. The number of rotatable bonds is 4. The highest BCUT2D eigenvalue weighted by atomic mass is 16.6. The molecule has 0 fully saturated rings. The molecular formula is C19H18N4O3. The van der Waals surface area contributed by atoms with E-state index in [1.165, 1.54) is 0 Å². The lowest BCUT2D eigenvalue weighted by molar-refractivity contribution is 0.0789. The van der Waals surface area contributed by atoms with E-state index in [0.717, 1.165) is 11.4 Å². The lowest BCUT2D eigenvalue weighted by Gasteiger charge is -2.26. The summed E-state index contributed by atoms with van der Waals surface area (Å²) in [5.41, 5.74) is 1.24. The molecular weight excluding hydrogens is 332 g/mol. The van der Waals surface area contributed by atoms with Crippen LogP contribution >= 0.6 is 0 Å². The standard InChI is InChI=1S/C19H18N4O3/c1-13-15(11-22-23(13)18-8-4-5-9-20-18)19(24)21-10-14-12-25-16-6-2-3-7-17(16)26-14/h2-9,11,14H,10,12H2,1H3,(H,21,24). The zero-order valence-corrected chi connectivity index (χ0v) is 14.3. The van der Waals surface area contributed by atoms with Gasteiger partial charge < -0.3 is 14.8 Å². The van der Waals surface area contributed by atoms with Gasteiger partial charge >= 0.3 is 0 Å². The van der Waals surface area contributed by atoms with E-state index in [2.05, 4.69) is 15.4 Å². The molecule has 0 saturated carbocycles. The van der Waals surface area contributed by atoms with Crippen LogP contribution in [0.1, 0.15) is 16.1 Å². The summed E-state index contributed by atoms with van der Waals surface area (Å²) in [5, 5.41) is 7.16. The fourth-order valence-electron chi connectivity index (χ4n) is 2.81. The molecule has 1 atom stereocenters. The van der Waals surface area contributed by atoms with Crippen molar-refractivity contribution in [3.8, 4) is 17.3 Å². The Morgan fingerprint density at radius 2 is 2.04 bits per heavy atom. The molecule has 1 aliphatic rings. The minimum Gasteiger partial charge on any atom is -0.486 e. The molecule has 7 nitrogen and oxygen atoms in total. The first-order chi connectivity index (χ1) is 12.7. The predicted molar refractivity (Wildman–Crippen MR) is 94.8 cm³/mol. The number of pyridine rings is 1. The molecule has 1 amide bonds. The Labute approximate surface area is 150 Å². The fourth-order valence-corrected chi connectivity index (χ4v) is 2.81. The van der Waals surface area contributed by atoms with Gasteiger partial charge in [0.05, 0.1) is 24.0 Å². The van der Waals surface area contributed by atoms with E-state index in [0.29, 0.717) is 30.3 Å². The number of fused-ring (bicyclic) bond motifs is 1. The van der Waals surface area contributed by atoms with Crippen molar-refractivity contribution in [2.24, 2.45) is 0 Å². The van der Waals surface area contributed by atoms with Crippen LogP contribution in [-0.2, 0) is 0 Å². The Morgan fingerprint density at radius 1 is 1.23 bits per heavy atom. The van der Waals surface area contributed by atoms with Gasteiger partial charge in [-0.3, -0.25) is 4.79 Å². The molecule has 3 aromatic rings. The predicted octanol–water partition coefficient (Wildman–Crippen LogP) is 2.15. The van der Waals surface area contributed by atoms with Crippen LogP contribution in [0.15, 0.2) is 54.9 Å². The molecule has 3 heterocycles. The third-order valence-corrected chi connectivity index (χ3v) is 4.18. The summed E-state index contributed by atoms with van der Waals surface area (Å²) in [6.45, 7) is 2.58. The Morgan fingerprint density at radius 3 is 2.85 bits per heavy atom. The second-order valence-corrected chi connectivity index (χ2v) is 5.95.